The van der Waals surface area contributed by atoms with E-state index in [-0.39, 0.29) is 18.3 Å². The van der Waals surface area contributed by atoms with E-state index in [1.54, 1.807) is 6.92 Å². The molecule has 3 amide bonds. The maximum absolute atomic E-state index is 13.1. The Bertz CT molecular complexity index is 759. The van der Waals surface area contributed by atoms with Crippen molar-refractivity contribution in [2.75, 3.05) is 4.90 Å². The smallest absolute Gasteiger partial charge is 0.332 e. The van der Waals surface area contributed by atoms with Crippen molar-refractivity contribution in [3.63, 3.8) is 0 Å². The first-order chi connectivity index (χ1) is 11.5. The minimum Gasteiger partial charge on any atom is -0.337 e. The highest BCUT2D eigenvalue weighted by Gasteiger charge is 2.43. The second kappa shape index (κ2) is 6.38. The van der Waals surface area contributed by atoms with Crippen molar-refractivity contribution in [3.8, 4) is 0 Å². The van der Waals surface area contributed by atoms with E-state index in [2.05, 4.69) is 10.1 Å². The highest BCUT2D eigenvalue weighted by atomic mass is 19.1. The zero-order chi connectivity index (χ0) is 17.3. The van der Waals surface area contributed by atoms with E-state index < -0.39 is 17.9 Å². The minimum absolute atomic E-state index is 0.0730. The van der Waals surface area contributed by atoms with Crippen LogP contribution in [0.2, 0.25) is 0 Å². The van der Waals surface area contributed by atoms with Gasteiger partial charge in [-0.25, -0.2) is 9.18 Å². The SMILES string of the molecule is CCCc1noc(CN2C(=O)[C@H](C)N(c3ccc(F)cc3)C2=O)n1. The zero-order valence-electron chi connectivity index (χ0n) is 13.4. The number of aromatic nitrogens is 2. The van der Waals surface area contributed by atoms with Gasteiger partial charge in [0.1, 0.15) is 18.4 Å². The largest absolute Gasteiger partial charge is 0.337 e. The number of halogens is 1. The van der Waals surface area contributed by atoms with Gasteiger partial charge in [-0.3, -0.25) is 14.6 Å². The normalized spacial score (nSPS) is 17.9. The third-order valence-electron chi connectivity index (χ3n) is 3.83. The van der Waals surface area contributed by atoms with Crippen LogP contribution in [0, 0.1) is 5.82 Å². The summed E-state index contributed by atoms with van der Waals surface area (Å²) in [5, 5.41) is 3.81. The Morgan fingerprint density at radius 2 is 1.96 bits per heavy atom. The van der Waals surface area contributed by atoms with Gasteiger partial charge in [-0.15, -0.1) is 0 Å². The first kappa shape index (κ1) is 16.1. The van der Waals surface area contributed by atoms with Gasteiger partial charge in [0.15, 0.2) is 5.82 Å². The molecule has 2 aromatic rings. The Morgan fingerprint density at radius 1 is 1.25 bits per heavy atom. The van der Waals surface area contributed by atoms with Crippen LogP contribution in [0.3, 0.4) is 0 Å². The summed E-state index contributed by atoms with van der Waals surface area (Å²) in [5.41, 5.74) is 0.460. The van der Waals surface area contributed by atoms with E-state index in [9.17, 15) is 14.0 Å². The van der Waals surface area contributed by atoms with E-state index in [1.807, 2.05) is 6.92 Å². The summed E-state index contributed by atoms with van der Waals surface area (Å²) in [7, 11) is 0. The van der Waals surface area contributed by atoms with Crippen LogP contribution in [0.4, 0.5) is 14.9 Å². The van der Waals surface area contributed by atoms with Crippen LogP contribution in [-0.2, 0) is 17.8 Å². The van der Waals surface area contributed by atoms with Crippen molar-refractivity contribution in [2.45, 2.75) is 39.3 Å². The zero-order valence-corrected chi connectivity index (χ0v) is 13.4. The highest BCUT2D eigenvalue weighted by Crippen LogP contribution is 2.26. The van der Waals surface area contributed by atoms with Crippen molar-refractivity contribution in [2.24, 2.45) is 0 Å². The van der Waals surface area contributed by atoms with Gasteiger partial charge in [0, 0.05) is 12.1 Å². The molecule has 1 aromatic heterocycles. The van der Waals surface area contributed by atoms with Gasteiger partial charge in [0.05, 0.1) is 0 Å². The summed E-state index contributed by atoms with van der Waals surface area (Å²) in [4.78, 5) is 31.6. The summed E-state index contributed by atoms with van der Waals surface area (Å²) in [6.45, 7) is 3.54. The van der Waals surface area contributed by atoms with E-state index >= 15 is 0 Å². The molecular weight excluding hydrogens is 315 g/mol. The fraction of sp³-hybridized carbons (Fsp3) is 0.375. The van der Waals surface area contributed by atoms with Crippen molar-refractivity contribution in [1.29, 1.82) is 0 Å². The summed E-state index contributed by atoms with van der Waals surface area (Å²) in [6.07, 6.45) is 1.54. The molecule has 24 heavy (non-hydrogen) atoms. The third kappa shape index (κ3) is 2.86. The average Bonchev–Trinajstić information content (AvgIpc) is 3.08. The lowest BCUT2D eigenvalue weighted by molar-refractivity contribution is -0.127. The lowest BCUT2D eigenvalue weighted by Gasteiger charge is -2.18. The van der Waals surface area contributed by atoms with Crippen molar-refractivity contribution < 1.29 is 18.5 Å². The standard InChI is InChI=1S/C16H17FN4O3/c1-3-4-13-18-14(24-19-13)9-20-15(22)10(2)21(16(20)23)12-7-5-11(17)6-8-12/h5-8,10H,3-4,9H2,1-2H3/t10-/m0/s1. The predicted octanol–water partition coefficient (Wildman–Crippen LogP) is 2.52. The maximum atomic E-state index is 13.1. The Kier molecular flexibility index (Phi) is 4.28. The Hall–Kier alpha value is -2.77. The molecule has 1 aliphatic heterocycles. The van der Waals surface area contributed by atoms with Crippen molar-refractivity contribution in [3.05, 3.63) is 41.8 Å². The highest BCUT2D eigenvalue weighted by molar-refractivity contribution is 6.13. The number of hydrogen-bond donors (Lipinski definition) is 0. The molecule has 3 rings (SSSR count). The summed E-state index contributed by atoms with van der Waals surface area (Å²) < 4.78 is 18.2. The lowest BCUT2D eigenvalue weighted by Crippen LogP contribution is -2.33. The molecule has 1 aliphatic rings. The van der Waals surface area contributed by atoms with E-state index in [4.69, 9.17) is 4.52 Å². The molecule has 0 radical (unpaired) electrons. The van der Waals surface area contributed by atoms with Crippen LogP contribution < -0.4 is 4.90 Å². The summed E-state index contributed by atoms with van der Waals surface area (Å²) in [5.74, 6) is -0.00143. The Balaban J connectivity index is 1.80. The van der Waals surface area contributed by atoms with Crippen LogP contribution in [0.15, 0.2) is 28.8 Å². The summed E-state index contributed by atoms with van der Waals surface area (Å²) in [6, 6.07) is 4.25. The fourth-order valence-corrected chi connectivity index (χ4v) is 2.62. The first-order valence-corrected chi connectivity index (χ1v) is 7.73. The van der Waals surface area contributed by atoms with E-state index in [0.717, 1.165) is 11.3 Å². The number of carbonyl (C=O) groups is 2. The number of imide groups is 1. The van der Waals surface area contributed by atoms with Gasteiger partial charge >= 0.3 is 6.03 Å². The number of urea groups is 1. The number of aryl methyl sites for hydroxylation is 1. The number of rotatable bonds is 5. The van der Waals surface area contributed by atoms with Gasteiger partial charge in [0.25, 0.3) is 5.91 Å². The molecule has 1 saturated heterocycles. The fourth-order valence-electron chi connectivity index (χ4n) is 2.62. The number of hydrogen-bond acceptors (Lipinski definition) is 5. The molecule has 0 bridgehead atoms. The third-order valence-corrected chi connectivity index (χ3v) is 3.83. The predicted molar refractivity (Wildman–Crippen MR) is 82.6 cm³/mol. The first-order valence-electron chi connectivity index (χ1n) is 7.73. The Morgan fingerprint density at radius 3 is 2.62 bits per heavy atom. The number of anilines is 1. The van der Waals surface area contributed by atoms with Crippen LogP contribution in [-0.4, -0.2) is 33.0 Å². The molecule has 7 nitrogen and oxygen atoms in total. The quantitative estimate of drug-likeness (QED) is 0.786. The molecule has 8 heteroatoms. The Labute approximate surface area is 138 Å². The number of amides is 3. The number of nitrogens with zero attached hydrogens (tertiary/aromatic N) is 4. The number of benzene rings is 1. The molecule has 0 unspecified atom stereocenters. The van der Waals surface area contributed by atoms with E-state index in [1.165, 1.54) is 29.2 Å². The van der Waals surface area contributed by atoms with Crippen LogP contribution in [0.5, 0.6) is 0 Å². The second-order valence-corrected chi connectivity index (χ2v) is 5.58. The second-order valence-electron chi connectivity index (χ2n) is 5.58. The topological polar surface area (TPSA) is 79.5 Å². The minimum atomic E-state index is -0.680. The number of carbonyl (C=O) groups excluding carboxylic acids is 2. The molecule has 0 N–H and O–H groups in total. The molecule has 2 heterocycles. The van der Waals surface area contributed by atoms with Gasteiger partial charge in [-0.05, 0) is 37.6 Å². The molecule has 1 fully saturated rings. The van der Waals surface area contributed by atoms with Crippen LogP contribution in [0.25, 0.3) is 0 Å². The monoisotopic (exact) mass is 332 g/mol. The molecule has 0 saturated carbocycles. The molecule has 126 valence electrons. The van der Waals surface area contributed by atoms with Gasteiger partial charge in [-0.2, -0.15) is 4.98 Å². The van der Waals surface area contributed by atoms with Gasteiger partial charge in [0.2, 0.25) is 5.89 Å². The summed E-state index contributed by atoms with van der Waals surface area (Å²) >= 11 is 0. The van der Waals surface area contributed by atoms with Crippen LogP contribution >= 0.6 is 0 Å². The molecule has 1 aromatic carbocycles. The van der Waals surface area contributed by atoms with Crippen LogP contribution in [0.1, 0.15) is 32.0 Å². The van der Waals surface area contributed by atoms with Crippen molar-refractivity contribution in [1.82, 2.24) is 15.0 Å². The molecule has 0 aliphatic carbocycles. The van der Waals surface area contributed by atoms with E-state index in [0.29, 0.717) is 17.9 Å². The average molecular weight is 332 g/mol. The molecule has 0 spiro atoms. The van der Waals surface area contributed by atoms with Gasteiger partial charge in [-0.1, -0.05) is 12.1 Å². The molecular formula is C16H17FN4O3. The maximum Gasteiger partial charge on any atom is 0.332 e. The lowest BCUT2D eigenvalue weighted by atomic mass is 10.2. The van der Waals surface area contributed by atoms with Crippen molar-refractivity contribution >= 4 is 17.6 Å². The molecule has 1 atom stereocenters. The van der Waals surface area contributed by atoms with Gasteiger partial charge < -0.3 is 4.52 Å².